The molecule has 0 aliphatic carbocycles. The van der Waals surface area contributed by atoms with Crippen LogP contribution in [0.15, 0.2) is 66.6 Å². The molecule has 0 radical (unpaired) electrons. The molecule has 1 aromatic heterocycles. The van der Waals surface area contributed by atoms with Crippen molar-refractivity contribution in [2.75, 3.05) is 27.5 Å². The van der Waals surface area contributed by atoms with E-state index in [-0.39, 0.29) is 5.78 Å². The van der Waals surface area contributed by atoms with E-state index in [1.165, 1.54) is 0 Å². The number of Topliss-reactive ketones (excluding diaryl/α,β-unsaturated/α-hetero) is 1. The second-order valence-electron chi connectivity index (χ2n) is 9.50. The Morgan fingerprint density at radius 1 is 1.05 bits per heavy atom. The van der Waals surface area contributed by atoms with Crippen LogP contribution in [0.25, 0.3) is 17.0 Å². The number of carbonyl (C=O) groups excluding carboxylic acids is 1. The molecule has 0 unspecified atom stereocenters. The lowest BCUT2D eigenvalue weighted by Gasteiger charge is -2.29. The van der Waals surface area contributed by atoms with E-state index in [9.17, 15) is 4.79 Å². The number of rotatable bonds is 7. The molecule has 6 rings (SSSR count). The molecule has 7 nitrogen and oxygen atoms in total. The first-order valence-electron chi connectivity index (χ1n) is 12.8. The van der Waals surface area contributed by atoms with Crippen molar-refractivity contribution >= 4 is 22.8 Å². The van der Waals surface area contributed by atoms with Crippen LogP contribution in [-0.4, -0.2) is 42.7 Å². The molecule has 0 amide bonds. The van der Waals surface area contributed by atoms with Gasteiger partial charge in [-0.15, -0.1) is 0 Å². The number of nitrogens with zero attached hydrogens (tertiary/aromatic N) is 2. The summed E-state index contributed by atoms with van der Waals surface area (Å²) in [6, 6.07) is 17.7. The quantitative estimate of drug-likeness (QED) is 0.298. The maximum Gasteiger partial charge on any atom is 0.231 e. The molecule has 0 atom stereocenters. The fourth-order valence-corrected chi connectivity index (χ4v) is 5.28. The van der Waals surface area contributed by atoms with Crippen LogP contribution >= 0.6 is 0 Å². The van der Waals surface area contributed by atoms with Gasteiger partial charge in [0, 0.05) is 42.3 Å². The number of ketones is 1. The third-order valence-electron chi connectivity index (χ3n) is 7.32. The van der Waals surface area contributed by atoms with Crippen LogP contribution in [0, 0.1) is 0 Å². The molecule has 0 spiro atoms. The lowest BCUT2D eigenvalue weighted by molar-refractivity contribution is 0.0948. The molecule has 38 heavy (non-hydrogen) atoms. The smallest absolute Gasteiger partial charge is 0.231 e. The largest absolute Gasteiger partial charge is 0.497 e. The van der Waals surface area contributed by atoms with Crippen molar-refractivity contribution in [1.29, 1.82) is 0 Å². The number of aromatic nitrogens is 1. The molecule has 2 aliphatic heterocycles. The van der Waals surface area contributed by atoms with Gasteiger partial charge in [-0.1, -0.05) is 18.2 Å². The van der Waals surface area contributed by atoms with Gasteiger partial charge in [0.25, 0.3) is 0 Å². The maximum atomic E-state index is 13.4. The van der Waals surface area contributed by atoms with Crippen molar-refractivity contribution in [2.45, 2.75) is 26.4 Å². The fraction of sp³-hybridized carbons (Fsp3) is 0.258. The number of hydrogen-bond acceptors (Lipinski definition) is 6. The molecule has 0 bridgehead atoms. The zero-order valence-corrected chi connectivity index (χ0v) is 21.8. The third-order valence-corrected chi connectivity index (χ3v) is 7.32. The zero-order valence-electron chi connectivity index (χ0n) is 21.8. The molecule has 7 heteroatoms. The number of methoxy groups -OCH3 is 2. The Kier molecular flexibility index (Phi) is 6.29. The topological polar surface area (TPSA) is 62.2 Å². The predicted molar refractivity (Wildman–Crippen MR) is 146 cm³/mol. The number of fused-ring (bicyclic) bond motifs is 4. The molecular formula is C31H30N2O5. The van der Waals surface area contributed by atoms with Crippen LogP contribution in [-0.2, 0) is 19.5 Å². The number of aryl methyl sites for hydroxylation is 1. The molecule has 0 saturated carbocycles. The number of hydrogen-bond donors (Lipinski definition) is 0. The van der Waals surface area contributed by atoms with E-state index in [1.54, 1.807) is 20.3 Å². The number of allylic oxidation sites excluding steroid dienone is 1. The van der Waals surface area contributed by atoms with Crippen LogP contribution in [0.1, 0.15) is 34.0 Å². The highest BCUT2D eigenvalue weighted by Crippen LogP contribution is 2.42. The normalized spacial score (nSPS) is 15.8. The van der Waals surface area contributed by atoms with Crippen LogP contribution in [0.3, 0.4) is 0 Å². The molecule has 3 aromatic carbocycles. The summed E-state index contributed by atoms with van der Waals surface area (Å²) in [7, 11) is 3.35. The Morgan fingerprint density at radius 2 is 1.92 bits per heavy atom. The summed E-state index contributed by atoms with van der Waals surface area (Å²) in [6.45, 7) is 4.82. The van der Waals surface area contributed by atoms with Crippen LogP contribution in [0.2, 0.25) is 0 Å². The van der Waals surface area contributed by atoms with Crippen molar-refractivity contribution in [3.8, 4) is 23.0 Å². The lowest BCUT2D eigenvalue weighted by Crippen LogP contribution is -2.33. The van der Waals surface area contributed by atoms with Gasteiger partial charge in [0.1, 0.15) is 29.7 Å². The van der Waals surface area contributed by atoms with Crippen molar-refractivity contribution in [2.24, 2.45) is 0 Å². The highest BCUT2D eigenvalue weighted by Gasteiger charge is 2.34. The van der Waals surface area contributed by atoms with Gasteiger partial charge >= 0.3 is 0 Å². The molecule has 0 N–H and O–H groups in total. The summed E-state index contributed by atoms with van der Waals surface area (Å²) in [4.78, 5) is 15.6. The van der Waals surface area contributed by atoms with Gasteiger partial charge in [-0.2, -0.15) is 0 Å². The first-order valence-corrected chi connectivity index (χ1v) is 12.8. The molecule has 0 fully saturated rings. The van der Waals surface area contributed by atoms with Gasteiger partial charge in [-0.3, -0.25) is 9.69 Å². The SMILES string of the molecule is CCn1cc(/C=C2\Oc3c(ccc4c3CN(CCc3ccccc3OC)CO4)C2=O)c2cc(OC)ccc21. The number of carbonyl (C=O) groups is 1. The van der Waals surface area contributed by atoms with Gasteiger partial charge in [0.15, 0.2) is 5.76 Å². The van der Waals surface area contributed by atoms with Crippen LogP contribution in [0.5, 0.6) is 23.0 Å². The van der Waals surface area contributed by atoms with Crippen LogP contribution in [0.4, 0.5) is 0 Å². The minimum Gasteiger partial charge on any atom is -0.497 e. The van der Waals surface area contributed by atoms with Gasteiger partial charge in [0.2, 0.25) is 5.78 Å². The average Bonchev–Trinajstić information content (AvgIpc) is 3.48. The predicted octanol–water partition coefficient (Wildman–Crippen LogP) is 5.69. The van der Waals surface area contributed by atoms with E-state index in [1.807, 2.05) is 48.5 Å². The molecule has 3 heterocycles. The van der Waals surface area contributed by atoms with Crippen molar-refractivity contribution in [3.63, 3.8) is 0 Å². The number of ether oxygens (including phenoxy) is 4. The van der Waals surface area contributed by atoms with E-state index in [2.05, 4.69) is 28.7 Å². The Bertz CT molecular complexity index is 1570. The number of benzene rings is 3. The highest BCUT2D eigenvalue weighted by atomic mass is 16.5. The standard InChI is InChI=1S/C31H30N2O5/c1-4-33-17-21(24-16-22(35-2)9-11-26(24)33)15-29-30(34)23-10-12-28-25(31(23)38-29)18-32(19-37-28)14-13-20-7-5-6-8-27(20)36-3/h5-12,15-17H,4,13-14,18-19H2,1-3H3/b29-15-. The van der Waals surface area contributed by atoms with E-state index in [0.29, 0.717) is 30.3 Å². The lowest BCUT2D eigenvalue weighted by atomic mass is 10.0. The van der Waals surface area contributed by atoms with Gasteiger partial charge in [-0.05, 0) is 61.4 Å². The van der Waals surface area contributed by atoms with Crippen molar-refractivity contribution < 1.29 is 23.7 Å². The Morgan fingerprint density at radius 3 is 2.74 bits per heavy atom. The zero-order chi connectivity index (χ0) is 26.2. The van der Waals surface area contributed by atoms with Gasteiger partial charge < -0.3 is 23.5 Å². The second-order valence-corrected chi connectivity index (χ2v) is 9.50. The molecule has 0 saturated heterocycles. The minimum absolute atomic E-state index is 0.116. The second kappa shape index (κ2) is 9.91. The van der Waals surface area contributed by atoms with Crippen molar-refractivity contribution in [1.82, 2.24) is 9.47 Å². The fourth-order valence-electron chi connectivity index (χ4n) is 5.28. The summed E-state index contributed by atoms with van der Waals surface area (Å²) < 4.78 is 25.4. The molecule has 194 valence electrons. The first kappa shape index (κ1) is 24.1. The van der Waals surface area contributed by atoms with E-state index in [0.717, 1.165) is 64.4 Å². The summed E-state index contributed by atoms with van der Waals surface area (Å²) in [6.07, 6.45) is 4.72. The van der Waals surface area contributed by atoms with E-state index >= 15 is 0 Å². The van der Waals surface area contributed by atoms with Crippen LogP contribution < -0.4 is 18.9 Å². The Labute approximate surface area is 221 Å². The molecular weight excluding hydrogens is 480 g/mol. The van der Waals surface area contributed by atoms with E-state index < -0.39 is 0 Å². The number of para-hydroxylation sites is 1. The molecule has 2 aliphatic rings. The highest BCUT2D eigenvalue weighted by molar-refractivity contribution is 6.15. The van der Waals surface area contributed by atoms with E-state index in [4.69, 9.17) is 18.9 Å². The minimum atomic E-state index is -0.116. The average molecular weight is 511 g/mol. The third kappa shape index (κ3) is 4.19. The van der Waals surface area contributed by atoms with Gasteiger partial charge in [0.05, 0.1) is 25.3 Å². The van der Waals surface area contributed by atoms with Gasteiger partial charge in [-0.25, -0.2) is 0 Å². The molecule has 4 aromatic rings. The summed E-state index contributed by atoms with van der Waals surface area (Å²) in [5.41, 5.74) is 4.63. The summed E-state index contributed by atoms with van der Waals surface area (Å²) >= 11 is 0. The summed E-state index contributed by atoms with van der Waals surface area (Å²) in [5.74, 6) is 3.22. The monoisotopic (exact) mass is 510 g/mol. The Hall–Kier alpha value is -4.23. The maximum absolute atomic E-state index is 13.4. The Balaban J connectivity index is 1.27. The first-order chi connectivity index (χ1) is 18.6. The summed E-state index contributed by atoms with van der Waals surface area (Å²) in [5, 5.41) is 1.01. The van der Waals surface area contributed by atoms with Crippen molar-refractivity contribution in [3.05, 3.63) is 88.8 Å².